The SMILES string of the molecule is NCCCCCCNCCCCCC=O. The Kier molecular flexibility index (Phi) is 13.2. The number of rotatable bonds is 12. The molecule has 0 aliphatic heterocycles. The van der Waals surface area contributed by atoms with Crippen LogP contribution in [0.4, 0.5) is 0 Å². The molecule has 0 spiro atoms. The molecule has 0 amide bonds. The predicted molar refractivity (Wildman–Crippen MR) is 64.9 cm³/mol. The van der Waals surface area contributed by atoms with Crippen LogP contribution in [0.2, 0.25) is 0 Å². The minimum absolute atomic E-state index is 0.721. The minimum atomic E-state index is 0.721. The number of nitrogens with two attached hydrogens (primary N) is 1. The lowest BCUT2D eigenvalue weighted by atomic mass is 10.2. The quantitative estimate of drug-likeness (QED) is 0.385. The highest BCUT2D eigenvalue weighted by Crippen LogP contribution is 1.98. The molecule has 0 rings (SSSR count). The molecule has 3 N–H and O–H groups in total. The monoisotopic (exact) mass is 214 g/mol. The molecule has 0 unspecified atom stereocenters. The van der Waals surface area contributed by atoms with E-state index in [0.717, 1.165) is 45.2 Å². The third kappa shape index (κ3) is 13.6. The van der Waals surface area contributed by atoms with Crippen molar-refractivity contribution in [3.8, 4) is 0 Å². The van der Waals surface area contributed by atoms with Crippen molar-refractivity contribution in [2.75, 3.05) is 19.6 Å². The molecule has 0 saturated carbocycles. The smallest absolute Gasteiger partial charge is 0.119 e. The molecule has 3 heteroatoms. The Balaban J connectivity index is 2.83. The molecular weight excluding hydrogens is 188 g/mol. The van der Waals surface area contributed by atoms with Crippen molar-refractivity contribution < 1.29 is 4.79 Å². The Labute approximate surface area is 93.8 Å². The van der Waals surface area contributed by atoms with E-state index in [1.165, 1.54) is 32.1 Å². The molecule has 0 aromatic carbocycles. The van der Waals surface area contributed by atoms with Gasteiger partial charge in [0, 0.05) is 6.42 Å². The average Bonchev–Trinajstić information content (AvgIpc) is 2.26. The molecule has 0 heterocycles. The molecule has 0 radical (unpaired) electrons. The molecule has 3 nitrogen and oxygen atoms in total. The maximum atomic E-state index is 10.0. The predicted octanol–water partition coefficient (Wildman–Crippen LogP) is 1.85. The van der Waals surface area contributed by atoms with Gasteiger partial charge in [0.15, 0.2) is 0 Å². The largest absolute Gasteiger partial charge is 0.330 e. The summed E-state index contributed by atoms with van der Waals surface area (Å²) < 4.78 is 0. The van der Waals surface area contributed by atoms with Crippen LogP contribution in [0.25, 0.3) is 0 Å². The summed E-state index contributed by atoms with van der Waals surface area (Å²) in [5.74, 6) is 0. The summed E-state index contributed by atoms with van der Waals surface area (Å²) >= 11 is 0. The van der Waals surface area contributed by atoms with Crippen LogP contribution in [0.15, 0.2) is 0 Å². The lowest BCUT2D eigenvalue weighted by Gasteiger charge is -2.03. The first-order valence-electron chi connectivity index (χ1n) is 6.26. The molecule has 0 aromatic rings. The number of hydrogen-bond donors (Lipinski definition) is 2. The maximum absolute atomic E-state index is 10.0. The summed E-state index contributed by atoms with van der Waals surface area (Å²) in [5, 5.41) is 3.42. The van der Waals surface area contributed by atoms with Crippen molar-refractivity contribution in [3.63, 3.8) is 0 Å². The number of nitrogens with one attached hydrogen (secondary N) is 1. The molecule has 0 aliphatic rings. The summed E-state index contributed by atoms with van der Waals surface area (Å²) in [5.41, 5.74) is 5.41. The summed E-state index contributed by atoms with van der Waals surface area (Å²) in [4.78, 5) is 10.0. The summed E-state index contributed by atoms with van der Waals surface area (Å²) in [7, 11) is 0. The molecule has 0 aliphatic carbocycles. The zero-order valence-electron chi connectivity index (χ0n) is 9.84. The van der Waals surface area contributed by atoms with Gasteiger partial charge < -0.3 is 15.8 Å². The van der Waals surface area contributed by atoms with Gasteiger partial charge in [-0.25, -0.2) is 0 Å². The molecule has 15 heavy (non-hydrogen) atoms. The van der Waals surface area contributed by atoms with E-state index < -0.39 is 0 Å². The highest BCUT2D eigenvalue weighted by atomic mass is 16.1. The second-order valence-electron chi connectivity index (χ2n) is 3.97. The van der Waals surface area contributed by atoms with Crippen LogP contribution >= 0.6 is 0 Å². The van der Waals surface area contributed by atoms with Gasteiger partial charge in [0.1, 0.15) is 6.29 Å². The Morgan fingerprint density at radius 1 is 0.867 bits per heavy atom. The normalized spacial score (nSPS) is 10.5. The van der Waals surface area contributed by atoms with Crippen LogP contribution in [0.1, 0.15) is 51.4 Å². The third-order valence-corrected chi connectivity index (χ3v) is 2.48. The Morgan fingerprint density at radius 2 is 1.47 bits per heavy atom. The van der Waals surface area contributed by atoms with Crippen LogP contribution < -0.4 is 11.1 Å². The third-order valence-electron chi connectivity index (χ3n) is 2.48. The zero-order chi connectivity index (χ0) is 11.2. The van der Waals surface area contributed by atoms with Crippen molar-refractivity contribution in [1.29, 1.82) is 0 Å². The van der Waals surface area contributed by atoms with Crippen molar-refractivity contribution >= 4 is 6.29 Å². The van der Waals surface area contributed by atoms with Crippen LogP contribution in [-0.2, 0) is 4.79 Å². The number of aldehydes is 1. The molecule has 0 atom stereocenters. The van der Waals surface area contributed by atoms with Crippen molar-refractivity contribution in [3.05, 3.63) is 0 Å². The van der Waals surface area contributed by atoms with Gasteiger partial charge in [-0.05, 0) is 45.3 Å². The van der Waals surface area contributed by atoms with E-state index in [1.807, 2.05) is 0 Å². The van der Waals surface area contributed by atoms with Crippen molar-refractivity contribution in [2.45, 2.75) is 51.4 Å². The first-order chi connectivity index (χ1) is 7.41. The minimum Gasteiger partial charge on any atom is -0.330 e. The Hall–Kier alpha value is -0.410. The fourth-order valence-corrected chi connectivity index (χ4v) is 1.53. The van der Waals surface area contributed by atoms with Crippen LogP contribution in [0, 0.1) is 0 Å². The van der Waals surface area contributed by atoms with Gasteiger partial charge in [0.2, 0.25) is 0 Å². The van der Waals surface area contributed by atoms with Crippen molar-refractivity contribution in [2.24, 2.45) is 5.73 Å². The van der Waals surface area contributed by atoms with E-state index in [4.69, 9.17) is 5.73 Å². The fraction of sp³-hybridized carbons (Fsp3) is 0.917. The molecular formula is C12H26N2O. The van der Waals surface area contributed by atoms with Crippen molar-refractivity contribution in [1.82, 2.24) is 5.32 Å². The van der Waals surface area contributed by atoms with E-state index in [1.54, 1.807) is 0 Å². The second kappa shape index (κ2) is 13.6. The Morgan fingerprint density at radius 3 is 2.07 bits per heavy atom. The highest BCUT2D eigenvalue weighted by Gasteiger charge is 1.91. The van der Waals surface area contributed by atoms with E-state index in [0.29, 0.717) is 0 Å². The first-order valence-corrected chi connectivity index (χ1v) is 6.26. The highest BCUT2D eigenvalue weighted by molar-refractivity contribution is 5.48. The van der Waals surface area contributed by atoms with E-state index >= 15 is 0 Å². The summed E-state index contributed by atoms with van der Waals surface area (Å²) in [6.45, 7) is 3.04. The molecule has 0 fully saturated rings. The molecule has 0 aromatic heterocycles. The van der Waals surface area contributed by atoms with E-state index in [2.05, 4.69) is 5.32 Å². The van der Waals surface area contributed by atoms with Gasteiger partial charge in [-0.1, -0.05) is 19.3 Å². The molecule has 0 saturated heterocycles. The van der Waals surface area contributed by atoms with Gasteiger partial charge >= 0.3 is 0 Å². The number of hydrogen-bond acceptors (Lipinski definition) is 3. The second-order valence-corrected chi connectivity index (χ2v) is 3.97. The standard InChI is InChI=1S/C12H26N2O/c13-9-5-1-2-6-10-14-11-7-3-4-8-12-15/h12,14H,1-11,13H2. The van der Waals surface area contributed by atoms with Crippen LogP contribution in [-0.4, -0.2) is 25.9 Å². The topological polar surface area (TPSA) is 55.1 Å². The van der Waals surface area contributed by atoms with Gasteiger partial charge in [-0.3, -0.25) is 0 Å². The summed E-state index contributed by atoms with van der Waals surface area (Å²) in [6.07, 6.45) is 10.1. The van der Waals surface area contributed by atoms with Crippen LogP contribution in [0.5, 0.6) is 0 Å². The van der Waals surface area contributed by atoms with E-state index in [-0.39, 0.29) is 0 Å². The van der Waals surface area contributed by atoms with Crippen LogP contribution in [0.3, 0.4) is 0 Å². The zero-order valence-corrected chi connectivity index (χ0v) is 9.84. The number of carbonyl (C=O) groups is 1. The number of unbranched alkanes of at least 4 members (excludes halogenated alkanes) is 6. The lowest BCUT2D eigenvalue weighted by Crippen LogP contribution is -2.16. The first kappa shape index (κ1) is 14.6. The fourth-order valence-electron chi connectivity index (χ4n) is 1.53. The molecule has 90 valence electrons. The Bertz CT molecular complexity index is 129. The maximum Gasteiger partial charge on any atom is 0.119 e. The molecule has 0 bridgehead atoms. The van der Waals surface area contributed by atoms with E-state index in [9.17, 15) is 4.79 Å². The van der Waals surface area contributed by atoms with Gasteiger partial charge in [-0.15, -0.1) is 0 Å². The van der Waals surface area contributed by atoms with Gasteiger partial charge in [0.25, 0.3) is 0 Å². The van der Waals surface area contributed by atoms with Gasteiger partial charge in [0.05, 0.1) is 0 Å². The number of carbonyl (C=O) groups excluding carboxylic acids is 1. The lowest BCUT2D eigenvalue weighted by molar-refractivity contribution is -0.107. The summed E-state index contributed by atoms with van der Waals surface area (Å²) in [6, 6.07) is 0. The van der Waals surface area contributed by atoms with Gasteiger partial charge in [-0.2, -0.15) is 0 Å². The average molecular weight is 214 g/mol.